The largest absolute Gasteiger partial charge is 0.454 e. The Labute approximate surface area is 177 Å². The first-order valence-corrected chi connectivity index (χ1v) is 10.8. The lowest BCUT2D eigenvalue weighted by molar-refractivity contribution is -0.385. The van der Waals surface area contributed by atoms with E-state index in [-0.39, 0.29) is 23.8 Å². The fourth-order valence-electron chi connectivity index (χ4n) is 4.53. The number of hydrogen-bond donors (Lipinski definition) is 2. The summed E-state index contributed by atoms with van der Waals surface area (Å²) in [5, 5.41) is 18.7. The van der Waals surface area contributed by atoms with Crippen LogP contribution in [0.1, 0.15) is 59.7 Å². The van der Waals surface area contributed by atoms with Gasteiger partial charge in [0.1, 0.15) is 11.2 Å². The molecule has 0 spiro atoms. The minimum Gasteiger partial charge on any atom is -0.454 e. The van der Waals surface area contributed by atoms with Crippen LogP contribution in [0.4, 0.5) is 10.7 Å². The lowest BCUT2D eigenvalue weighted by atomic mass is 9.72. The molecule has 1 aromatic carbocycles. The predicted octanol–water partition coefficient (Wildman–Crippen LogP) is 4.39. The van der Waals surface area contributed by atoms with E-state index < -0.39 is 11.1 Å². The Morgan fingerprint density at radius 2 is 1.93 bits per heavy atom. The van der Waals surface area contributed by atoms with Crippen molar-refractivity contribution in [3.63, 3.8) is 0 Å². The highest BCUT2D eigenvalue weighted by Crippen LogP contribution is 2.47. The van der Waals surface area contributed by atoms with E-state index in [0.717, 1.165) is 29.8 Å². The topological polar surface area (TPSA) is 103 Å². The van der Waals surface area contributed by atoms with E-state index in [2.05, 4.69) is 31.4 Å². The number of anilines is 1. The third-order valence-corrected chi connectivity index (χ3v) is 7.48. The molecule has 0 radical (unpaired) electrons. The van der Waals surface area contributed by atoms with Crippen LogP contribution in [0.5, 0.6) is 11.5 Å². The van der Waals surface area contributed by atoms with E-state index in [4.69, 9.17) is 9.47 Å². The summed E-state index contributed by atoms with van der Waals surface area (Å²) in [5.74, 6) is 1.16. The van der Waals surface area contributed by atoms with E-state index in [0.29, 0.717) is 28.5 Å². The van der Waals surface area contributed by atoms with E-state index in [9.17, 15) is 14.9 Å². The van der Waals surface area contributed by atoms with Gasteiger partial charge in [0, 0.05) is 4.88 Å². The molecule has 3 aliphatic rings. The summed E-state index contributed by atoms with van der Waals surface area (Å²) in [4.78, 5) is 25.5. The smallest absolute Gasteiger partial charge is 0.280 e. The number of amides is 1. The number of rotatable bonds is 2. The first kappa shape index (κ1) is 19.2. The summed E-state index contributed by atoms with van der Waals surface area (Å²) in [7, 11) is 0. The number of hydrogen-bond acceptors (Lipinski definition) is 7. The molecule has 1 amide bonds. The zero-order valence-corrected chi connectivity index (χ0v) is 17.9. The Morgan fingerprint density at radius 1 is 1.20 bits per heavy atom. The van der Waals surface area contributed by atoms with Gasteiger partial charge < -0.3 is 20.1 Å². The molecule has 0 saturated heterocycles. The number of carbonyl (C=O) groups excluding carboxylic acids is 1. The molecule has 2 aromatic rings. The second kappa shape index (κ2) is 6.60. The second-order valence-corrected chi connectivity index (χ2v) is 10.2. The Kier molecular flexibility index (Phi) is 4.22. The molecule has 1 aliphatic carbocycles. The minimum absolute atomic E-state index is 0.0249. The Balaban J connectivity index is 1.51. The van der Waals surface area contributed by atoms with Crippen molar-refractivity contribution >= 4 is 27.9 Å². The molecule has 0 bridgehead atoms. The Bertz CT molecular complexity index is 1070. The van der Waals surface area contributed by atoms with Gasteiger partial charge in [-0.3, -0.25) is 14.9 Å². The van der Waals surface area contributed by atoms with Crippen molar-refractivity contribution in [2.24, 2.45) is 11.3 Å². The van der Waals surface area contributed by atoms with Gasteiger partial charge >= 0.3 is 0 Å². The predicted molar refractivity (Wildman–Crippen MR) is 112 cm³/mol. The summed E-state index contributed by atoms with van der Waals surface area (Å²) in [6, 6.07) is 2.93. The molecule has 30 heavy (non-hydrogen) atoms. The van der Waals surface area contributed by atoms with Gasteiger partial charge in [-0.2, -0.15) is 0 Å². The molecule has 2 atom stereocenters. The molecule has 2 N–H and O–H groups in total. The van der Waals surface area contributed by atoms with Crippen LogP contribution >= 0.6 is 11.3 Å². The maximum atomic E-state index is 13.0. The fraction of sp³-hybridized carbons (Fsp3) is 0.476. The normalized spacial score (nSPS) is 22.0. The van der Waals surface area contributed by atoms with E-state index in [1.165, 1.54) is 10.9 Å². The molecule has 5 rings (SSSR count). The third kappa shape index (κ3) is 2.99. The summed E-state index contributed by atoms with van der Waals surface area (Å²) in [6.07, 6.45) is 2.19. The first-order valence-electron chi connectivity index (χ1n) is 10.0. The van der Waals surface area contributed by atoms with Gasteiger partial charge in [-0.1, -0.05) is 20.8 Å². The SMILES string of the molecule is CC(C)(C)[C@@H]1CCc2c(sc3c2C(=O)N[C@@H](c2cc4c(cc2[N+](=O)[O-])OCO4)N3)C1. The Morgan fingerprint density at radius 3 is 2.63 bits per heavy atom. The number of nitrogens with zero attached hydrogens (tertiary/aromatic N) is 1. The van der Waals surface area contributed by atoms with E-state index in [1.54, 1.807) is 17.4 Å². The van der Waals surface area contributed by atoms with Gasteiger partial charge in [0.2, 0.25) is 6.79 Å². The molecule has 0 unspecified atom stereocenters. The quantitative estimate of drug-likeness (QED) is 0.542. The number of benzene rings is 1. The number of nitrogens with one attached hydrogen (secondary N) is 2. The van der Waals surface area contributed by atoms with Gasteiger partial charge in [0.25, 0.3) is 11.6 Å². The summed E-state index contributed by atoms with van der Waals surface area (Å²) in [6.45, 7) is 6.80. The summed E-state index contributed by atoms with van der Waals surface area (Å²) in [5.41, 5.74) is 2.27. The molecule has 0 fully saturated rings. The van der Waals surface area contributed by atoms with Gasteiger partial charge in [0.15, 0.2) is 11.5 Å². The molecule has 9 heteroatoms. The molecule has 1 aromatic heterocycles. The zero-order chi connectivity index (χ0) is 21.2. The number of carbonyl (C=O) groups is 1. The maximum Gasteiger partial charge on any atom is 0.280 e. The molecule has 2 aliphatic heterocycles. The number of ether oxygens (including phenoxy) is 2. The van der Waals surface area contributed by atoms with Crippen LogP contribution in [0.3, 0.4) is 0 Å². The van der Waals surface area contributed by atoms with Gasteiger partial charge in [-0.25, -0.2) is 0 Å². The minimum atomic E-state index is -0.710. The van der Waals surface area contributed by atoms with Crippen LogP contribution in [0, 0.1) is 21.4 Å². The molecular formula is C21H23N3O5S. The number of thiophene rings is 1. The number of fused-ring (bicyclic) bond motifs is 4. The van der Waals surface area contributed by atoms with Crippen LogP contribution < -0.4 is 20.1 Å². The van der Waals surface area contributed by atoms with Crippen molar-refractivity contribution in [1.29, 1.82) is 0 Å². The van der Waals surface area contributed by atoms with Crippen molar-refractivity contribution in [2.75, 3.05) is 12.1 Å². The van der Waals surface area contributed by atoms with Crippen molar-refractivity contribution in [1.82, 2.24) is 5.32 Å². The van der Waals surface area contributed by atoms with E-state index in [1.807, 2.05) is 0 Å². The lowest BCUT2D eigenvalue weighted by Gasteiger charge is -2.34. The van der Waals surface area contributed by atoms with Crippen molar-refractivity contribution in [3.8, 4) is 11.5 Å². The molecular weight excluding hydrogens is 406 g/mol. The number of nitro benzene ring substituents is 1. The lowest BCUT2D eigenvalue weighted by Crippen LogP contribution is -2.38. The Hall–Kier alpha value is -2.81. The van der Waals surface area contributed by atoms with Crippen LogP contribution in [0.15, 0.2) is 12.1 Å². The monoisotopic (exact) mass is 429 g/mol. The standard InChI is InChI=1S/C21H23N3O5S/c1-21(2,3)10-4-5-11-16(6-10)30-20-17(11)19(25)22-18(23-20)12-7-14-15(29-9-28-14)8-13(12)24(26)27/h7-8,10,18,23H,4-6,9H2,1-3H3,(H,22,25)/t10-,18-/m1/s1. The van der Waals surface area contributed by atoms with Crippen molar-refractivity contribution in [3.05, 3.63) is 43.8 Å². The fourth-order valence-corrected chi connectivity index (χ4v) is 5.88. The molecule has 3 heterocycles. The molecule has 158 valence electrons. The van der Waals surface area contributed by atoms with Crippen LogP contribution in [0.25, 0.3) is 0 Å². The average molecular weight is 429 g/mol. The highest BCUT2D eigenvalue weighted by molar-refractivity contribution is 7.16. The molecule has 8 nitrogen and oxygen atoms in total. The summed E-state index contributed by atoms with van der Waals surface area (Å²) >= 11 is 1.60. The summed E-state index contributed by atoms with van der Waals surface area (Å²) < 4.78 is 10.7. The van der Waals surface area contributed by atoms with Gasteiger partial charge in [-0.05, 0) is 42.2 Å². The van der Waals surface area contributed by atoms with Crippen LogP contribution in [-0.2, 0) is 12.8 Å². The average Bonchev–Trinajstić information content (AvgIpc) is 3.29. The third-order valence-electron chi connectivity index (χ3n) is 6.30. The van der Waals surface area contributed by atoms with E-state index >= 15 is 0 Å². The van der Waals surface area contributed by atoms with Gasteiger partial charge in [-0.15, -0.1) is 11.3 Å². The zero-order valence-electron chi connectivity index (χ0n) is 17.0. The van der Waals surface area contributed by atoms with Crippen LogP contribution in [0.2, 0.25) is 0 Å². The maximum absolute atomic E-state index is 13.0. The van der Waals surface area contributed by atoms with Crippen molar-refractivity contribution in [2.45, 2.75) is 46.2 Å². The highest BCUT2D eigenvalue weighted by Gasteiger charge is 2.38. The second-order valence-electron chi connectivity index (χ2n) is 9.09. The van der Waals surface area contributed by atoms with Crippen molar-refractivity contribution < 1.29 is 19.2 Å². The number of nitro groups is 1. The van der Waals surface area contributed by atoms with Crippen LogP contribution in [-0.4, -0.2) is 17.6 Å². The highest BCUT2D eigenvalue weighted by atomic mass is 32.1. The molecule has 0 saturated carbocycles. The first-order chi connectivity index (χ1) is 14.2. The van der Waals surface area contributed by atoms with Gasteiger partial charge in [0.05, 0.1) is 22.1 Å².